The van der Waals surface area contributed by atoms with Gasteiger partial charge in [-0.05, 0) is 73.9 Å². The van der Waals surface area contributed by atoms with Gasteiger partial charge in [0.2, 0.25) is 0 Å². The maximum atomic E-state index is 4.27. The van der Waals surface area contributed by atoms with Crippen LogP contribution in [0.4, 0.5) is 0 Å². The molecule has 0 nitrogen and oxygen atoms in total. The first kappa shape index (κ1) is 19.3. The molecule has 0 saturated heterocycles. The van der Waals surface area contributed by atoms with E-state index in [2.05, 4.69) is 120 Å². The summed E-state index contributed by atoms with van der Waals surface area (Å²) in [6, 6.07) is 33.0. The Kier molecular flexibility index (Phi) is 4.25. The van der Waals surface area contributed by atoms with Gasteiger partial charge < -0.3 is 0 Å². The molecule has 1 atom stereocenters. The Morgan fingerprint density at radius 1 is 0.594 bits per heavy atom. The van der Waals surface area contributed by atoms with Crippen molar-refractivity contribution in [3.05, 3.63) is 149 Å². The molecule has 0 amide bonds. The summed E-state index contributed by atoms with van der Waals surface area (Å²) in [4.78, 5) is 0. The lowest BCUT2D eigenvalue weighted by Gasteiger charge is -2.31. The van der Waals surface area contributed by atoms with Crippen molar-refractivity contribution in [2.75, 3.05) is 0 Å². The number of hydrogen-bond donors (Lipinski definition) is 0. The summed E-state index contributed by atoms with van der Waals surface area (Å²) in [5.74, 6) is 0. The molecule has 1 heteroatoms. The molecule has 1 spiro atoms. The molecule has 152 valence electrons. The van der Waals surface area contributed by atoms with Crippen LogP contribution in [-0.4, -0.2) is 0 Å². The molecule has 1 unspecified atom stereocenters. The van der Waals surface area contributed by atoms with Gasteiger partial charge in [-0.1, -0.05) is 114 Å². The Balaban J connectivity index is 1.76. The lowest BCUT2D eigenvalue weighted by atomic mass is 9.69. The van der Waals surface area contributed by atoms with Gasteiger partial charge >= 0.3 is 0 Å². The van der Waals surface area contributed by atoms with Crippen molar-refractivity contribution in [2.24, 2.45) is 0 Å². The van der Waals surface area contributed by atoms with E-state index in [9.17, 15) is 0 Å². The second-order valence-electron chi connectivity index (χ2n) is 8.35. The molecule has 0 saturated carbocycles. The molecular formula is C31H21Br. The fourth-order valence-electron chi connectivity index (χ4n) is 5.73. The summed E-state index contributed by atoms with van der Waals surface area (Å²) < 4.78 is 1.08. The number of halogens is 1. The third kappa shape index (κ3) is 2.37. The van der Waals surface area contributed by atoms with Gasteiger partial charge in [0.1, 0.15) is 0 Å². The first-order valence-corrected chi connectivity index (χ1v) is 11.6. The fourth-order valence-corrected chi connectivity index (χ4v) is 6.13. The van der Waals surface area contributed by atoms with Crippen LogP contribution in [0.5, 0.6) is 0 Å². The van der Waals surface area contributed by atoms with Gasteiger partial charge in [-0.25, -0.2) is 0 Å². The number of rotatable bonds is 3. The first-order chi connectivity index (χ1) is 15.7. The quantitative estimate of drug-likeness (QED) is 0.280. The zero-order valence-corrected chi connectivity index (χ0v) is 19.2. The molecule has 0 N–H and O–H groups in total. The van der Waals surface area contributed by atoms with Crippen molar-refractivity contribution in [3.63, 3.8) is 0 Å². The number of allylic oxidation sites excluding steroid dienone is 4. The van der Waals surface area contributed by atoms with Gasteiger partial charge in [0, 0.05) is 4.47 Å². The van der Waals surface area contributed by atoms with Crippen molar-refractivity contribution in [1.82, 2.24) is 0 Å². The minimum atomic E-state index is -0.379. The van der Waals surface area contributed by atoms with Crippen LogP contribution in [0, 0.1) is 0 Å². The first-order valence-electron chi connectivity index (χ1n) is 10.8. The predicted octanol–water partition coefficient (Wildman–Crippen LogP) is 8.57. The smallest absolute Gasteiger partial charge is 0.0725 e. The molecule has 2 aliphatic rings. The van der Waals surface area contributed by atoms with Crippen molar-refractivity contribution >= 4 is 21.5 Å². The molecule has 2 aliphatic carbocycles. The largest absolute Gasteiger partial charge is 0.0987 e. The van der Waals surface area contributed by atoms with E-state index in [0.29, 0.717) is 0 Å². The summed E-state index contributed by atoms with van der Waals surface area (Å²) in [5, 5.41) is 0. The molecule has 0 fully saturated rings. The normalized spacial score (nSPS) is 17.8. The molecule has 0 bridgehead atoms. The summed E-state index contributed by atoms with van der Waals surface area (Å²) in [5.41, 5.74) is 12.2. The van der Waals surface area contributed by atoms with Crippen molar-refractivity contribution in [1.29, 1.82) is 0 Å². The van der Waals surface area contributed by atoms with Crippen LogP contribution in [0.15, 0.2) is 126 Å². The molecule has 4 aromatic rings. The fraction of sp³-hybridized carbons (Fsp3) is 0.0323. The predicted molar refractivity (Wildman–Crippen MR) is 139 cm³/mol. The maximum absolute atomic E-state index is 4.27. The highest BCUT2D eigenvalue weighted by atomic mass is 79.9. The lowest BCUT2D eigenvalue weighted by Crippen LogP contribution is -2.26. The van der Waals surface area contributed by atoms with Crippen molar-refractivity contribution < 1.29 is 0 Å². The molecule has 6 rings (SSSR count). The Hall–Kier alpha value is -3.42. The molecule has 0 aromatic heterocycles. The molecule has 32 heavy (non-hydrogen) atoms. The van der Waals surface area contributed by atoms with E-state index in [-0.39, 0.29) is 5.41 Å². The average molecular weight is 473 g/mol. The van der Waals surface area contributed by atoms with Gasteiger partial charge in [0.05, 0.1) is 5.41 Å². The summed E-state index contributed by atoms with van der Waals surface area (Å²) in [6.07, 6.45) is 4.03. The zero-order chi connectivity index (χ0) is 21.9. The molecule has 0 aliphatic heterocycles. The number of fused-ring (bicyclic) bond motifs is 7. The number of hydrogen-bond acceptors (Lipinski definition) is 0. The minimum Gasteiger partial charge on any atom is -0.0987 e. The second-order valence-corrected chi connectivity index (χ2v) is 9.26. The van der Waals surface area contributed by atoms with Crippen LogP contribution in [0.3, 0.4) is 0 Å². The Morgan fingerprint density at radius 3 is 1.97 bits per heavy atom. The van der Waals surface area contributed by atoms with Gasteiger partial charge in [-0.2, -0.15) is 0 Å². The molecule has 0 radical (unpaired) electrons. The van der Waals surface area contributed by atoms with E-state index in [1.807, 2.05) is 12.2 Å². The standard InChI is InChI=1S/C31H21Br/c1-3-23-24-12-5-7-14-28(24)31(27(23)4-2)29-15-8-6-13-25(29)26-17-16-21(19-30(26)31)20-10-9-11-22(32)18-20/h3-19H,1-2H2. The Bertz CT molecular complexity index is 1470. The maximum Gasteiger partial charge on any atom is 0.0725 e. The molecular weight excluding hydrogens is 452 g/mol. The van der Waals surface area contributed by atoms with Crippen molar-refractivity contribution in [2.45, 2.75) is 5.41 Å². The van der Waals surface area contributed by atoms with Gasteiger partial charge in [0.25, 0.3) is 0 Å². The number of benzene rings is 4. The van der Waals surface area contributed by atoms with Crippen LogP contribution in [0.1, 0.15) is 22.3 Å². The summed E-state index contributed by atoms with van der Waals surface area (Å²) in [6.45, 7) is 8.44. The summed E-state index contributed by atoms with van der Waals surface area (Å²) in [7, 11) is 0. The van der Waals surface area contributed by atoms with E-state index in [0.717, 1.165) is 4.47 Å². The van der Waals surface area contributed by atoms with Crippen LogP contribution in [-0.2, 0) is 5.41 Å². The van der Waals surface area contributed by atoms with E-state index in [1.165, 1.54) is 55.7 Å². The monoisotopic (exact) mass is 472 g/mol. The third-order valence-corrected chi connectivity index (χ3v) is 7.42. The highest BCUT2D eigenvalue weighted by Crippen LogP contribution is 2.62. The van der Waals surface area contributed by atoms with E-state index >= 15 is 0 Å². The highest BCUT2D eigenvalue weighted by Gasteiger charge is 2.51. The van der Waals surface area contributed by atoms with E-state index < -0.39 is 0 Å². The highest BCUT2D eigenvalue weighted by molar-refractivity contribution is 9.10. The van der Waals surface area contributed by atoms with E-state index in [4.69, 9.17) is 0 Å². The average Bonchev–Trinajstić information content (AvgIpc) is 3.29. The SMILES string of the molecule is C=CC1=C(C=C)C2(c3ccccc31)c1ccccc1-c1ccc(-c3cccc(Br)c3)cc12. The lowest BCUT2D eigenvalue weighted by molar-refractivity contribution is 0.787. The molecule has 4 aromatic carbocycles. The summed E-state index contributed by atoms with van der Waals surface area (Å²) >= 11 is 3.63. The third-order valence-electron chi connectivity index (χ3n) is 6.93. The van der Waals surface area contributed by atoms with Gasteiger partial charge in [0.15, 0.2) is 0 Å². The van der Waals surface area contributed by atoms with Crippen LogP contribution < -0.4 is 0 Å². The van der Waals surface area contributed by atoms with Gasteiger partial charge in [-0.3, -0.25) is 0 Å². The zero-order valence-electron chi connectivity index (χ0n) is 17.6. The van der Waals surface area contributed by atoms with Crippen LogP contribution in [0.25, 0.3) is 27.8 Å². The van der Waals surface area contributed by atoms with Crippen LogP contribution >= 0.6 is 15.9 Å². The minimum absolute atomic E-state index is 0.379. The molecule has 0 heterocycles. The van der Waals surface area contributed by atoms with Crippen molar-refractivity contribution in [3.8, 4) is 22.3 Å². The van der Waals surface area contributed by atoms with E-state index in [1.54, 1.807) is 0 Å². The van der Waals surface area contributed by atoms with Gasteiger partial charge in [-0.15, -0.1) is 0 Å². The second kappa shape index (κ2) is 7.05. The van der Waals surface area contributed by atoms with Crippen LogP contribution in [0.2, 0.25) is 0 Å². The topological polar surface area (TPSA) is 0 Å². The Labute approximate surface area is 197 Å². The Morgan fingerprint density at radius 2 is 1.25 bits per heavy atom.